The Morgan fingerprint density at radius 2 is 1.83 bits per heavy atom. The Labute approximate surface area is 181 Å². The van der Waals surface area contributed by atoms with Crippen LogP contribution in [0.25, 0.3) is 0 Å². The minimum atomic E-state index is -3.68. The first-order valence-corrected chi connectivity index (χ1v) is 11.5. The first-order valence-electron chi connectivity index (χ1n) is 9.23. The predicted octanol–water partition coefficient (Wildman–Crippen LogP) is 3.78. The summed E-state index contributed by atoms with van der Waals surface area (Å²) in [5.41, 5.74) is 0.955. The van der Waals surface area contributed by atoms with E-state index in [0.717, 1.165) is 15.8 Å². The quantitative estimate of drug-likeness (QED) is 0.599. The molecule has 2 rings (SSSR count). The van der Waals surface area contributed by atoms with Crippen molar-refractivity contribution in [2.45, 2.75) is 50.6 Å². The highest BCUT2D eigenvalue weighted by Crippen LogP contribution is 2.26. The standard InChI is InChI=1S/C21H27BrN2O4S/c1-21(2,3)24-29(26,27)19-8-6-5-7-16(19)14-23-20(25)12-10-15-9-11-18(28-4)17(22)13-15/h5-9,11,13,24H,10,12,14H2,1-4H3,(H,23,25). The lowest BCUT2D eigenvalue weighted by molar-refractivity contribution is -0.121. The molecule has 29 heavy (non-hydrogen) atoms. The maximum absolute atomic E-state index is 12.7. The highest BCUT2D eigenvalue weighted by molar-refractivity contribution is 9.10. The molecule has 0 aliphatic heterocycles. The van der Waals surface area contributed by atoms with Crippen LogP contribution in [0.1, 0.15) is 38.3 Å². The second kappa shape index (κ2) is 9.73. The summed E-state index contributed by atoms with van der Waals surface area (Å²) in [6, 6.07) is 12.4. The highest BCUT2D eigenvalue weighted by atomic mass is 79.9. The van der Waals surface area contributed by atoms with E-state index in [4.69, 9.17) is 4.74 Å². The fourth-order valence-electron chi connectivity index (χ4n) is 2.78. The van der Waals surface area contributed by atoms with E-state index < -0.39 is 15.6 Å². The lowest BCUT2D eigenvalue weighted by atomic mass is 10.1. The number of hydrogen-bond acceptors (Lipinski definition) is 4. The molecule has 1 amide bonds. The molecule has 2 aromatic rings. The lowest BCUT2D eigenvalue weighted by Crippen LogP contribution is -2.41. The third-order valence-corrected chi connectivity index (χ3v) is 6.51. The van der Waals surface area contributed by atoms with E-state index >= 15 is 0 Å². The number of carbonyl (C=O) groups excluding carboxylic acids is 1. The molecule has 0 aliphatic carbocycles. The van der Waals surface area contributed by atoms with Crippen LogP contribution in [-0.4, -0.2) is 27.0 Å². The van der Waals surface area contributed by atoms with Gasteiger partial charge in [-0.15, -0.1) is 0 Å². The number of methoxy groups -OCH3 is 1. The number of rotatable bonds is 8. The van der Waals surface area contributed by atoms with Gasteiger partial charge in [-0.1, -0.05) is 24.3 Å². The van der Waals surface area contributed by atoms with Crippen molar-refractivity contribution >= 4 is 31.9 Å². The summed E-state index contributed by atoms with van der Waals surface area (Å²) in [4.78, 5) is 12.5. The van der Waals surface area contributed by atoms with Crippen LogP contribution in [0.5, 0.6) is 5.75 Å². The van der Waals surface area contributed by atoms with Gasteiger partial charge in [-0.05, 0) is 72.4 Å². The number of benzene rings is 2. The van der Waals surface area contributed by atoms with Gasteiger partial charge in [0.1, 0.15) is 5.75 Å². The molecule has 2 aromatic carbocycles. The van der Waals surface area contributed by atoms with Gasteiger partial charge in [0.25, 0.3) is 0 Å². The Morgan fingerprint density at radius 3 is 2.45 bits per heavy atom. The number of hydrogen-bond donors (Lipinski definition) is 2. The van der Waals surface area contributed by atoms with Gasteiger partial charge in [0.2, 0.25) is 15.9 Å². The van der Waals surface area contributed by atoms with E-state index in [1.807, 2.05) is 18.2 Å². The number of carbonyl (C=O) groups is 1. The number of ether oxygens (including phenoxy) is 1. The molecular weight excluding hydrogens is 456 g/mol. The third kappa shape index (κ3) is 7.13. The molecule has 0 spiro atoms. The van der Waals surface area contributed by atoms with E-state index in [2.05, 4.69) is 26.0 Å². The Bertz CT molecular complexity index is 969. The molecule has 0 fully saturated rings. The van der Waals surface area contributed by atoms with Gasteiger partial charge in [-0.25, -0.2) is 13.1 Å². The first kappa shape index (κ1) is 23.4. The molecule has 0 radical (unpaired) electrons. The van der Waals surface area contributed by atoms with Crippen LogP contribution in [0.15, 0.2) is 51.8 Å². The predicted molar refractivity (Wildman–Crippen MR) is 117 cm³/mol. The summed E-state index contributed by atoms with van der Waals surface area (Å²) in [5.74, 6) is 0.591. The van der Waals surface area contributed by atoms with Crippen molar-refractivity contribution in [1.82, 2.24) is 10.0 Å². The van der Waals surface area contributed by atoms with Gasteiger partial charge in [-0.3, -0.25) is 4.79 Å². The minimum Gasteiger partial charge on any atom is -0.496 e. The van der Waals surface area contributed by atoms with Crippen molar-refractivity contribution in [2.24, 2.45) is 0 Å². The highest BCUT2D eigenvalue weighted by Gasteiger charge is 2.24. The van der Waals surface area contributed by atoms with E-state index in [1.54, 1.807) is 52.1 Å². The van der Waals surface area contributed by atoms with Crippen LogP contribution in [0.3, 0.4) is 0 Å². The summed E-state index contributed by atoms with van der Waals surface area (Å²) in [7, 11) is -2.08. The number of nitrogens with one attached hydrogen (secondary N) is 2. The third-order valence-electron chi connectivity index (χ3n) is 4.04. The smallest absolute Gasteiger partial charge is 0.241 e. The maximum atomic E-state index is 12.7. The molecule has 0 aliphatic rings. The fraction of sp³-hybridized carbons (Fsp3) is 0.381. The van der Waals surface area contributed by atoms with Crippen LogP contribution < -0.4 is 14.8 Å². The SMILES string of the molecule is COc1ccc(CCC(=O)NCc2ccccc2S(=O)(=O)NC(C)(C)C)cc1Br. The zero-order chi connectivity index (χ0) is 21.7. The van der Waals surface area contributed by atoms with Crippen molar-refractivity contribution in [3.05, 3.63) is 58.1 Å². The molecule has 0 saturated heterocycles. The second-order valence-corrected chi connectivity index (χ2v) is 10.2. The number of aryl methyl sites for hydroxylation is 1. The van der Waals surface area contributed by atoms with E-state index in [1.165, 1.54) is 0 Å². The van der Waals surface area contributed by atoms with Gasteiger partial charge in [0.05, 0.1) is 16.5 Å². The van der Waals surface area contributed by atoms with Crippen LogP contribution in [0, 0.1) is 0 Å². The molecule has 0 aromatic heterocycles. The van der Waals surface area contributed by atoms with Crippen molar-refractivity contribution in [3.63, 3.8) is 0 Å². The zero-order valence-corrected chi connectivity index (χ0v) is 19.5. The van der Waals surface area contributed by atoms with Crippen LogP contribution >= 0.6 is 15.9 Å². The number of amides is 1. The Hall–Kier alpha value is -1.90. The van der Waals surface area contributed by atoms with Crippen molar-refractivity contribution < 1.29 is 17.9 Å². The molecule has 8 heteroatoms. The average molecular weight is 483 g/mol. The van der Waals surface area contributed by atoms with Crippen LogP contribution in [0.4, 0.5) is 0 Å². The summed E-state index contributed by atoms with van der Waals surface area (Å²) in [6.07, 6.45) is 0.869. The Morgan fingerprint density at radius 1 is 1.14 bits per heavy atom. The van der Waals surface area contributed by atoms with E-state index in [0.29, 0.717) is 18.4 Å². The van der Waals surface area contributed by atoms with Gasteiger partial charge >= 0.3 is 0 Å². The number of halogens is 1. The fourth-order valence-corrected chi connectivity index (χ4v) is 5.02. The molecule has 158 valence electrons. The summed E-state index contributed by atoms with van der Waals surface area (Å²) >= 11 is 3.43. The lowest BCUT2D eigenvalue weighted by Gasteiger charge is -2.21. The average Bonchev–Trinajstić information content (AvgIpc) is 2.63. The Balaban J connectivity index is 2.00. The number of sulfonamides is 1. The molecule has 0 atom stereocenters. The van der Waals surface area contributed by atoms with Gasteiger partial charge < -0.3 is 10.1 Å². The topological polar surface area (TPSA) is 84.5 Å². The Kier molecular flexibility index (Phi) is 7.85. The van der Waals surface area contributed by atoms with Gasteiger partial charge in [-0.2, -0.15) is 0 Å². The largest absolute Gasteiger partial charge is 0.496 e. The summed E-state index contributed by atoms with van der Waals surface area (Å²) in [5, 5.41) is 2.81. The molecule has 0 saturated carbocycles. The van der Waals surface area contributed by atoms with Crippen LogP contribution in [-0.2, 0) is 27.8 Å². The van der Waals surface area contributed by atoms with Crippen molar-refractivity contribution in [1.29, 1.82) is 0 Å². The molecule has 0 bridgehead atoms. The minimum absolute atomic E-state index is 0.145. The first-order chi connectivity index (χ1) is 13.5. The van der Waals surface area contributed by atoms with Crippen molar-refractivity contribution in [2.75, 3.05) is 7.11 Å². The molecule has 0 heterocycles. The van der Waals surface area contributed by atoms with Gasteiger partial charge in [0.15, 0.2) is 0 Å². The zero-order valence-electron chi connectivity index (χ0n) is 17.1. The normalized spacial score (nSPS) is 11.9. The second-order valence-electron chi connectivity index (χ2n) is 7.71. The van der Waals surface area contributed by atoms with E-state index in [9.17, 15) is 13.2 Å². The summed E-state index contributed by atoms with van der Waals surface area (Å²) < 4.78 is 34.0. The molecule has 6 nitrogen and oxygen atoms in total. The molecular formula is C21H27BrN2O4S. The van der Waals surface area contributed by atoms with E-state index in [-0.39, 0.29) is 17.3 Å². The molecule has 0 unspecified atom stereocenters. The van der Waals surface area contributed by atoms with Crippen LogP contribution in [0.2, 0.25) is 0 Å². The van der Waals surface area contributed by atoms with Crippen molar-refractivity contribution in [3.8, 4) is 5.75 Å². The molecule has 2 N–H and O–H groups in total. The monoisotopic (exact) mass is 482 g/mol. The maximum Gasteiger partial charge on any atom is 0.241 e. The summed E-state index contributed by atoms with van der Waals surface area (Å²) in [6.45, 7) is 5.50. The van der Waals surface area contributed by atoms with Gasteiger partial charge in [0, 0.05) is 18.5 Å².